The van der Waals surface area contributed by atoms with Crippen LogP contribution in [-0.4, -0.2) is 48.3 Å². The number of nitrogens with zero attached hydrogens (tertiary/aromatic N) is 6. The Hall–Kier alpha value is -3.88. The second-order valence-electron chi connectivity index (χ2n) is 8.32. The van der Waals surface area contributed by atoms with Gasteiger partial charge in [-0.1, -0.05) is 67.8 Å². The number of nitrogens with one attached hydrogen (secondary N) is 2. The summed E-state index contributed by atoms with van der Waals surface area (Å²) >= 11 is 0. The lowest BCUT2D eigenvalue weighted by atomic mass is 9.95. The van der Waals surface area contributed by atoms with E-state index < -0.39 is 0 Å². The average molecular weight is 443 g/mol. The van der Waals surface area contributed by atoms with Crippen LogP contribution in [0.4, 0.5) is 0 Å². The van der Waals surface area contributed by atoms with Gasteiger partial charge in [-0.2, -0.15) is 5.21 Å². The van der Waals surface area contributed by atoms with E-state index in [-0.39, 0.29) is 11.7 Å². The van der Waals surface area contributed by atoms with Crippen molar-refractivity contribution in [1.82, 2.24) is 40.7 Å². The molecule has 9 nitrogen and oxygen atoms in total. The van der Waals surface area contributed by atoms with E-state index in [0.717, 1.165) is 40.9 Å². The van der Waals surface area contributed by atoms with Crippen molar-refractivity contribution in [2.24, 2.45) is 0 Å². The van der Waals surface area contributed by atoms with Gasteiger partial charge in [0, 0.05) is 19.0 Å². The van der Waals surface area contributed by atoms with Gasteiger partial charge >= 0.3 is 0 Å². The van der Waals surface area contributed by atoms with E-state index in [0.29, 0.717) is 18.3 Å². The van der Waals surface area contributed by atoms with Crippen LogP contribution in [0.25, 0.3) is 22.5 Å². The van der Waals surface area contributed by atoms with E-state index in [1.807, 2.05) is 22.9 Å². The summed E-state index contributed by atoms with van der Waals surface area (Å²) in [6.45, 7) is 0. The Labute approximate surface area is 191 Å². The number of carbonyl (C=O) groups is 1. The van der Waals surface area contributed by atoms with Crippen molar-refractivity contribution in [2.45, 2.75) is 44.6 Å². The molecule has 0 radical (unpaired) electrons. The van der Waals surface area contributed by atoms with Crippen LogP contribution in [0, 0.1) is 0 Å². The number of benzene rings is 2. The first kappa shape index (κ1) is 21.0. The fourth-order valence-electron chi connectivity index (χ4n) is 4.49. The van der Waals surface area contributed by atoms with Gasteiger partial charge in [0.15, 0.2) is 0 Å². The summed E-state index contributed by atoms with van der Waals surface area (Å²) in [5, 5.41) is 21.7. The number of aromatic nitrogens is 7. The molecule has 33 heavy (non-hydrogen) atoms. The van der Waals surface area contributed by atoms with Crippen LogP contribution < -0.4 is 5.32 Å². The van der Waals surface area contributed by atoms with E-state index >= 15 is 0 Å². The molecule has 1 aliphatic rings. The zero-order valence-electron chi connectivity index (χ0n) is 18.5. The SMILES string of the molecule is CNC(=O)c1nc(Cc2ccc(-c3ccccc3-c3nn[nH]n3)cc2)n(C2CCCCC2)n1. The van der Waals surface area contributed by atoms with Gasteiger partial charge in [-0.3, -0.25) is 4.79 Å². The summed E-state index contributed by atoms with van der Waals surface area (Å²) in [6.07, 6.45) is 6.41. The van der Waals surface area contributed by atoms with Gasteiger partial charge < -0.3 is 5.32 Å². The zero-order chi connectivity index (χ0) is 22.6. The van der Waals surface area contributed by atoms with Crippen LogP contribution in [0.3, 0.4) is 0 Å². The molecule has 4 aromatic rings. The first-order chi connectivity index (χ1) is 16.2. The van der Waals surface area contributed by atoms with Crippen LogP contribution in [0.2, 0.25) is 0 Å². The number of H-pyrrole nitrogens is 1. The minimum absolute atomic E-state index is 0.240. The molecule has 1 saturated carbocycles. The van der Waals surface area contributed by atoms with Gasteiger partial charge in [0.05, 0.1) is 6.04 Å². The molecule has 9 heteroatoms. The Morgan fingerprint density at radius 2 is 1.82 bits per heavy atom. The Kier molecular flexibility index (Phi) is 5.93. The molecule has 0 atom stereocenters. The molecule has 168 valence electrons. The van der Waals surface area contributed by atoms with E-state index in [9.17, 15) is 4.79 Å². The maximum atomic E-state index is 12.2. The van der Waals surface area contributed by atoms with Crippen molar-refractivity contribution in [2.75, 3.05) is 7.05 Å². The molecule has 2 aromatic carbocycles. The molecule has 1 amide bonds. The van der Waals surface area contributed by atoms with E-state index in [2.05, 4.69) is 66.4 Å². The molecule has 0 spiro atoms. The summed E-state index contributed by atoms with van der Waals surface area (Å²) in [4.78, 5) is 16.8. The largest absolute Gasteiger partial charge is 0.352 e. The molecule has 1 aliphatic carbocycles. The average Bonchev–Trinajstić information content (AvgIpc) is 3.55. The molecule has 2 heterocycles. The van der Waals surface area contributed by atoms with E-state index in [4.69, 9.17) is 0 Å². The number of rotatable bonds is 6. The molecule has 2 N–H and O–H groups in total. The smallest absolute Gasteiger partial charge is 0.290 e. The van der Waals surface area contributed by atoms with Gasteiger partial charge in [-0.15, -0.1) is 15.3 Å². The molecule has 0 aliphatic heterocycles. The lowest BCUT2D eigenvalue weighted by Gasteiger charge is -2.23. The predicted octanol–water partition coefficient (Wildman–Crippen LogP) is 3.58. The third kappa shape index (κ3) is 4.39. The molecule has 2 aromatic heterocycles. The summed E-state index contributed by atoms with van der Waals surface area (Å²) in [7, 11) is 1.61. The maximum Gasteiger partial charge on any atom is 0.290 e. The number of hydrogen-bond acceptors (Lipinski definition) is 6. The van der Waals surface area contributed by atoms with Crippen LogP contribution in [-0.2, 0) is 6.42 Å². The maximum absolute atomic E-state index is 12.2. The van der Waals surface area contributed by atoms with Gasteiger partial charge in [0.1, 0.15) is 5.82 Å². The predicted molar refractivity (Wildman–Crippen MR) is 123 cm³/mol. The number of hydrogen-bond donors (Lipinski definition) is 2. The molecule has 0 saturated heterocycles. The quantitative estimate of drug-likeness (QED) is 0.472. The van der Waals surface area contributed by atoms with Crippen LogP contribution in [0.15, 0.2) is 48.5 Å². The Balaban J connectivity index is 1.42. The standard InChI is InChI=1S/C24H26N8O/c1-25-24(33)23-26-21(32(29-23)18-7-3-2-4-8-18)15-16-11-13-17(14-12-16)19-9-5-6-10-20(19)22-27-30-31-28-22/h5-6,9-14,18H,2-4,7-8,15H2,1H3,(H,25,33)(H,27,28,30,31). The third-order valence-electron chi connectivity index (χ3n) is 6.19. The molecular weight excluding hydrogens is 416 g/mol. The molecule has 0 unspecified atom stereocenters. The van der Waals surface area contributed by atoms with Gasteiger partial charge in [0.2, 0.25) is 11.6 Å². The molecule has 0 bridgehead atoms. The van der Waals surface area contributed by atoms with Gasteiger partial charge in [-0.25, -0.2) is 9.67 Å². The first-order valence-electron chi connectivity index (χ1n) is 11.3. The van der Waals surface area contributed by atoms with Crippen molar-refractivity contribution >= 4 is 5.91 Å². The van der Waals surface area contributed by atoms with Crippen LogP contribution in [0.1, 0.15) is 60.2 Å². The minimum Gasteiger partial charge on any atom is -0.352 e. The zero-order valence-corrected chi connectivity index (χ0v) is 18.5. The number of tetrazole rings is 1. The van der Waals surface area contributed by atoms with Crippen molar-refractivity contribution in [1.29, 1.82) is 0 Å². The number of carbonyl (C=O) groups excluding carboxylic acids is 1. The highest BCUT2D eigenvalue weighted by Gasteiger charge is 2.23. The fraction of sp³-hybridized carbons (Fsp3) is 0.333. The van der Waals surface area contributed by atoms with E-state index in [1.54, 1.807) is 7.05 Å². The van der Waals surface area contributed by atoms with Crippen LogP contribution >= 0.6 is 0 Å². The summed E-state index contributed by atoms with van der Waals surface area (Å²) < 4.78 is 1.99. The van der Waals surface area contributed by atoms with Crippen molar-refractivity contribution in [3.8, 4) is 22.5 Å². The fourth-order valence-corrected chi connectivity index (χ4v) is 4.49. The Morgan fingerprint density at radius 3 is 2.52 bits per heavy atom. The lowest BCUT2D eigenvalue weighted by Crippen LogP contribution is -2.20. The van der Waals surface area contributed by atoms with Crippen molar-refractivity contribution < 1.29 is 4.79 Å². The number of amides is 1. The number of aromatic amines is 1. The van der Waals surface area contributed by atoms with Crippen molar-refractivity contribution in [3.05, 3.63) is 65.7 Å². The monoisotopic (exact) mass is 442 g/mol. The van der Waals surface area contributed by atoms with Crippen molar-refractivity contribution in [3.63, 3.8) is 0 Å². The highest BCUT2D eigenvalue weighted by atomic mass is 16.2. The highest BCUT2D eigenvalue weighted by Crippen LogP contribution is 2.31. The lowest BCUT2D eigenvalue weighted by molar-refractivity contribution is 0.0952. The minimum atomic E-state index is -0.251. The van der Waals surface area contributed by atoms with Gasteiger partial charge in [-0.05, 0) is 34.7 Å². The van der Waals surface area contributed by atoms with E-state index in [1.165, 1.54) is 19.3 Å². The van der Waals surface area contributed by atoms with Crippen LogP contribution in [0.5, 0.6) is 0 Å². The molecule has 5 rings (SSSR count). The van der Waals surface area contributed by atoms with Gasteiger partial charge in [0.25, 0.3) is 5.91 Å². The Morgan fingerprint density at radius 1 is 1.06 bits per heavy atom. The summed E-state index contributed by atoms with van der Waals surface area (Å²) in [5.74, 6) is 1.39. The summed E-state index contributed by atoms with van der Waals surface area (Å²) in [5.41, 5.74) is 4.15. The highest BCUT2D eigenvalue weighted by molar-refractivity contribution is 5.90. The Bertz CT molecular complexity index is 1220. The second kappa shape index (κ2) is 9.32. The third-order valence-corrected chi connectivity index (χ3v) is 6.19. The second-order valence-corrected chi connectivity index (χ2v) is 8.32. The summed E-state index contributed by atoms with van der Waals surface area (Å²) in [6, 6.07) is 16.7. The topological polar surface area (TPSA) is 114 Å². The molecule has 1 fully saturated rings. The first-order valence-corrected chi connectivity index (χ1v) is 11.3. The molecular formula is C24H26N8O. The normalized spacial score (nSPS) is 14.3.